The molecule has 7 heteroatoms. The second-order valence-electron chi connectivity index (χ2n) is 8.47. The van der Waals surface area contributed by atoms with E-state index in [1.807, 2.05) is 72.8 Å². The van der Waals surface area contributed by atoms with Crippen LogP contribution in [-0.4, -0.2) is 34.5 Å². The number of fused-ring (bicyclic) bond motifs is 1. The summed E-state index contributed by atoms with van der Waals surface area (Å²) < 4.78 is 5.51. The minimum atomic E-state index is -0.732. The molecule has 7 nitrogen and oxygen atoms in total. The SMILES string of the molecule is O=C(C1CCCN1C(=O)OCc1ccccc1)N(c1ccccc1)c1cc2ccccc2[nH]c1=O. The molecule has 1 saturated heterocycles. The molecule has 1 aliphatic rings. The topological polar surface area (TPSA) is 82.7 Å². The highest BCUT2D eigenvalue weighted by molar-refractivity contribution is 6.05. The Morgan fingerprint density at radius 3 is 2.40 bits per heavy atom. The fourth-order valence-corrected chi connectivity index (χ4v) is 4.46. The van der Waals surface area contributed by atoms with Gasteiger partial charge in [0.2, 0.25) is 0 Å². The van der Waals surface area contributed by atoms with Crippen LogP contribution in [0.3, 0.4) is 0 Å². The van der Waals surface area contributed by atoms with Crippen molar-refractivity contribution in [2.45, 2.75) is 25.5 Å². The Morgan fingerprint density at radius 2 is 1.63 bits per heavy atom. The van der Waals surface area contributed by atoms with E-state index in [0.29, 0.717) is 30.6 Å². The average molecular weight is 468 g/mol. The number of anilines is 2. The van der Waals surface area contributed by atoms with Gasteiger partial charge in [0.1, 0.15) is 18.3 Å². The van der Waals surface area contributed by atoms with Crippen molar-refractivity contribution in [3.8, 4) is 0 Å². The molecule has 1 unspecified atom stereocenters. The van der Waals surface area contributed by atoms with Gasteiger partial charge in [-0.15, -0.1) is 0 Å². The number of para-hydroxylation sites is 2. The van der Waals surface area contributed by atoms with Crippen molar-refractivity contribution in [3.05, 3.63) is 107 Å². The van der Waals surface area contributed by atoms with Crippen LogP contribution in [0.4, 0.5) is 16.2 Å². The Morgan fingerprint density at radius 1 is 0.943 bits per heavy atom. The van der Waals surface area contributed by atoms with E-state index < -0.39 is 12.1 Å². The van der Waals surface area contributed by atoms with Gasteiger partial charge in [-0.2, -0.15) is 0 Å². The molecule has 1 N–H and O–H groups in total. The highest BCUT2D eigenvalue weighted by atomic mass is 16.6. The molecular weight excluding hydrogens is 442 g/mol. The van der Waals surface area contributed by atoms with Gasteiger partial charge in [-0.1, -0.05) is 66.7 Å². The lowest BCUT2D eigenvalue weighted by molar-refractivity contribution is -0.121. The number of amides is 2. The predicted octanol–water partition coefficient (Wildman–Crippen LogP) is 4.99. The van der Waals surface area contributed by atoms with Crippen molar-refractivity contribution in [3.63, 3.8) is 0 Å². The van der Waals surface area contributed by atoms with E-state index >= 15 is 0 Å². The van der Waals surface area contributed by atoms with Crippen LogP contribution in [0, 0.1) is 0 Å². The third-order valence-electron chi connectivity index (χ3n) is 6.19. The number of aromatic nitrogens is 1. The first-order chi connectivity index (χ1) is 17.1. The maximum Gasteiger partial charge on any atom is 0.410 e. The molecule has 4 aromatic rings. The molecular formula is C28H25N3O4. The fraction of sp³-hybridized carbons (Fsp3) is 0.179. The van der Waals surface area contributed by atoms with Crippen LogP contribution in [0.2, 0.25) is 0 Å². The molecule has 2 amide bonds. The van der Waals surface area contributed by atoms with Crippen molar-refractivity contribution >= 4 is 34.3 Å². The number of likely N-dealkylation sites (tertiary alicyclic amines) is 1. The summed E-state index contributed by atoms with van der Waals surface area (Å²) in [5.74, 6) is -0.342. The predicted molar refractivity (Wildman–Crippen MR) is 135 cm³/mol. The summed E-state index contributed by atoms with van der Waals surface area (Å²) in [6.07, 6.45) is 0.631. The monoisotopic (exact) mass is 467 g/mol. The molecule has 1 aromatic heterocycles. The number of nitrogens with zero attached hydrogens (tertiary/aromatic N) is 2. The number of carbonyl (C=O) groups is 2. The molecule has 2 heterocycles. The van der Waals surface area contributed by atoms with Crippen LogP contribution in [0.1, 0.15) is 18.4 Å². The number of nitrogens with one attached hydrogen (secondary N) is 1. The normalized spacial score (nSPS) is 15.2. The first-order valence-electron chi connectivity index (χ1n) is 11.6. The van der Waals surface area contributed by atoms with Crippen LogP contribution in [0.5, 0.6) is 0 Å². The second kappa shape index (κ2) is 9.85. The van der Waals surface area contributed by atoms with Gasteiger partial charge in [0.25, 0.3) is 11.5 Å². The maximum atomic E-state index is 13.9. The summed E-state index contributed by atoms with van der Waals surface area (Å²) in [6, 6.07) is 26.8. The van der Waals surface area contributed by atoms with Crippen molar-refractivity contribution in [2.75, 3.05) is 11.4 Å². The number of H-pyrrole nitrogens is 1. The maximum absolute atomic E-state index is 13.9. The molecule has 35 heavy (non-hydrogen) atoms. The number of benzene rings is 3. The van der Waals surface area contributed by atoms with Gasteiger partial charge in [0.05, 0.1) is 0 Å². The van der Waals surface area contributed by atoms with E-state index in [0.717, 1.165) is 10.9 Å². The standard InChI is InChI=1S/C28H25N3O4/c32-26-25(18-21-12-7-8-15-23(21)29-26)31(22-13-5-2-6-14-22)27(33)24-16-9-17-30(24)28(34)35-19-20-10-3-1-4-11-20/h1-8,10-15,18,24H,9,16-17,19H2,(H,29,32). The van der Waals surface area contributed by atoms with Crippen molar-refractivity contribution in [2.24, 2.45) is 0 Å². The lowest BCUT2D eigenvalue weighted by atomic mass is 10.1. The van der Waals surface area contributed by atoms with Gasteiger partial charge in [0.15, 0.2) is 0 Å². The highest BCUT2D eigenvalue weighted by Gasteiger charge is 2.39. The molecule has 0 saturated carbocycles. The highest BCUT2D eigenvalue weighted by Crippen LogP contribution is 2.29. The number of carbonyl (C=O) groups excluding carboxylic acids is 2. The summed E-state index contributed by atoms with van der Waals surface area (Å²) in [7, 11) is 0. The summed E-state index contributed by atoms with van der Waals surface area (Å²) in [5, 5.41) is 0.807. The van der Waals surface area contributed by atoms with Gasteiger partial charge >= 0.3 is 6.09 Å². The quantitative estimate of drug-likeness (QED) is 0.448. The summed E-state index contributed by atoms with van der Waals surface area (Å²) in [4.78, 5) is 45.7. The van der Waals surface area contributed by atoms with Gasteiger partial charge in [-0.3, -0.25) is 19.4 Å². The molecule has 1 aliphatic heterocycles. The zero-order valence-corrected chi connectivity index (χ0v) is 19.1. The van der Waals surface area contributed by atoms with Gasteiger partial charge in [-0.05, 0) is 42.7 Å². The fourth-order valence-electron chi connectivity index (χ4n) is 4.46. The minimum absolute atomic E-state index is 0.129. The molecule has 0 aliphatic carbocycles. The summed E-state index contributed by atoms with van der Waals surface area (Å²) in [6.45, 7) is 0.546. The van der Waals surface area contributed by atoms with Crippen LogP contribution in [-0.2, 0) is 16.1 Å². The Labute approximate surface area is 202 Å². The molecule has 5 rings (SSSR count). The summed E-state index contributed by atoms with van der Waals surface area (Å²) >= 11 is 0. The largest absolute Gasteiger partial charge is 0.445 e. The van der Waals surface area contributed by atoms with E-state index in [9.17, 15) is 14.4 Å². The van der Waals surface area contributed by atoms with Crippen molar-refractivity contribution < 1.29 is 14.3 Å². The average Bonchev–Trinajstić information content (AvgIpc) is 3.39. The third-order valence-corrected chi connectivity index (χ3v) is 6.19. The zero-order chi connectivity index (χ0) is 24.2. The number of aromatic amines is 1. The van der Waals surface area contributed by atoms with E-state index in [1.165, 1.54) is 9.80 Å². The van der Waals surface area contributed by atoms with Gasteiger partial charge < -0.3 is 9.72 Å². The molecule has 1 atom stereocenters. The minimum Gasteiger partial charge on any atom is -0.445 e. The number of rotatable bonds is 5. The first-order valence-corrected chi connectivity index (χ1v) is 11.6. The molecule has 0 radical (unpaired) electrons. The van der Waals surface area contributed by atoms with E-state index in [1.54, 1.807) is 18.2 Å². The van der Waals surface area contributed by atoms with E-state index in [2.05, 4.69) is 4.98 Å². The summed E-state index contributed by atoms with van der Waals surface area (Å²) in [5.41, 5.74) is 1.95. The lowest BCUT2D eigenvalue weighted by Crippen LogP contribution is -2.47. The Balaban J connectivity index is 1.46. The Kier molecular flexibility index (Phi) is 6.30. The molecule has 0 spiro atoms. The Hall–Kier alpha value is -4.39. The molecule has 0 bridgehead atoms. The van der Waals surface area contributed by atoms with Crippen LogP contribution in [0.15, 0.2) is 95.8 Å². The van der Waals surface area contributed by atoms with Gasteiger partial charge in [0, 0.05) is 23.1 Å². The van der Waals surface area contributed by atoms with E-state index in [-0.39, 0.29) is 23.8 Å². The Bertz CT molecular complexity index is 1400. The number of hydrogen-bond acceptors (Lipinski definition) is 4. The zero-order valence-electron chi connectivity index (χ0n) is 19.1. The lowest BCUT2D eigenvalue weighted by Gasteiger charge is -2.29. The van der Waals surface area contributed by atoms with Crippen LogP contribution >= 0.6 is 0 Å². The number of pyridine rings is 1. The second-order valence-corrected chi connectivity index (χ2v) is 8.47. The molecule has 1 fully saturated rings. The first kappa shape index (κ1) is 22.4. The smallest absolute Gasteiger partial charge is 0.410 e. The number of ether oxygens (including phenoxy) is 1. The van der Waals surface area contributed by atoms with Crippen molar-refractivity contribution in [1.82, 2.24) is 9.88 Å². The molecule has 176 valence electrons. The van der Waals surface area contributed by atoms with Crippen LogP contribution in [0.25, 0.3) is 10.9 Å². The number of hydrogen-bond donors (Lipinski definition) is 1. The van der Waals surface area contributed by atoms with E-state index in [4.69, 9.17) is 4.74 Å². The third kappa shape index (κ3) is 4.66. The van der Waals surface area contributed by atoms with Crippen molar-refractivity contribution in [1.29, 1.82) is 0 Å². The molecule has 3 aromatic carbocycles. The van der Waals surface area contributed by atoms with Gasteiger partial charge in [-0.25, -0.2) is 4.79 Å². The van der Waals surface area contributed by atoms with Crippen LogP contribution < -0.4 is 10.5 Å².